The van der Waals surface area contributed by atoms with E-state index in [4.69, 9.17) is 4.74 Å². The van der Waals surface area contributed by atoms with Crippen molar-refractivity contribution < 1.29 is 9.53 Å². The zero-order chi connectivity index (χ0) is 22.2. The fourth-order valence-electron chi connectivity index (χ4n) is 5.17. The van der Waals surface area contributed by atoms with Crippen LogP contribution >= 0.6 is 0 Å². The van der Waals surface area contributed by atoms with Crippen LogP contribution in [0.3, 0.4) is 0 Å². The molecule has 5 heteroatoms. The third-order valence-electron chi connectivity index (χ3n) is 7.15. The summed E-state index contributed by atoms with van der Waals surface area (Å²) in [6, 6.07) is 19.1. The van der Waals surface area contributed by atoms with Crippen molar-refractivity contribution in [2.45, 2.75) is 44.6 Å². The molecule has 0 unspecified atom stereocenters. The summed E-state index contributed by atoms with van der Waals surface area (Å²) >= 11 is 0. The standard InChI is InChI=1S/C27H37N3O2/c1-32-26-10-6-5-9-25(26)24-14-19-30(20-15-24)27(31)28-16-11-22-12-17-29(18-13-22)21-23-7-3-2-4-8-23/h2-10,22,24H,11-21H2,1H3,(H,28,31). The van der Waals surface area contributed by atoms with Gasteiger partial charge < -0.3 is 15.0 Å². The van der Waals surface area contributed by atoms with Crippen LogP contribution in [0, 0.1) is 5.92 Å². The molecule has 0 aliphatic carbocycles. The van der Waals surface area contributed by atoms with Gasteiger partial charge in [0.1, 0.15) is 5.75 Å². The monoisotopic (exact) mass is 435 g/mol. The van der Waals surface area contributed by atoms with E-state index in [1.165, 1.54) is 24.0 Å². The first-order chi connectivity index (χ1) is 15.7. The minimum absolute atomic E-state index is 0.102. The molecule has 32 heavy (non-hydrogen) atoms. The van der Waals surface area contributed by atoms with Crippen LogP contribution in [-0.4, -0.2) is 55.7 Å². The maximum atomic E-state index is 12.6. The van der Waals surface area contributed by atoms with E-state index in [0.717, 1.165) is 70.2 Å². The Morgan fingerprint density at radius 3 is 2.34 bits per heavy atom. The lowest BCUT2D eigenvalue weighted by Gasteiger charge is -2.33. The number of methoxy groups -OCH3 is 1. The van der Waals surface area contributed by atoms with Crippen LogP contribution in [0.5, 0.6) is 5.75 Å². The first-order valence-electron chi connectivity index (χ1n) is 12.1. The normalized spacial score (nSPS) is 18.5. The lowest BCUT2D eigenvalue weighted by molar-refractivity contribution is 0.166. The molecule has 4 rings (SSSR count). The number of nitrogens with one attached hydrogen (secondary N) is 1. The summed E-state index contributed by atoms with van der Waals surface area (Å²) in [4.78, 5) is 17.2. The largest absolute Gasteiger partial charge is 0.496 e. The second-order valence-corrected chi connectivity index (χ2v) is 9.23. The quantitative estimate of drug-likeness (QED) is 0.674. The molecule has 2 aromatic carbocycles. The number of nitrogens with zero attached hydrogens (tertiary/aromatic N) is 2. The van der Waals surface area contributed by atoms with Crippen LogP contribution in [0.15, 0.2) is 54.6 Å². The highest BCUT2D eigenvalue weighted by molar-refractivity contribution is 5.74. The molecule has 2 aliphatic rings. The molecule has 2 heterocycles. The number of carbonyl (C=O) groups is 1. The molecule has 0 radical (unpaired) electrons. The minimum Gasteiger partial charge on any atom is -0.496 e. The first-order valence-corrected chi connectivity index (χ1v) is 12.1. The van der Waals surface area contributed by atoms with Crippen molar-refractivity contribution in [1.82, 2.24) is 15.1 Å². The number of benzene rings is 2. The number of hydrogen-bond donors (Lipinski definition) is 1. The fourth-order valence-corrected chi connectivity index (χ4v) is 5.17. The number of likely N-dealkylation sites (tertiary alicyclic amines) is 2. The summed E-state index contributed by atoms with van der Waals surface area (Å²) in [5, 5.41) is 3.18. The maximum Gasteiger partial charge on any atom is 0.317 e. The summed E-state index contributed by atoms with van der Waals surface area (Å²) < 4.78 is 5.52. The van der Waals surface area contributed by atoms with Gasteiger partial charge in [0, 0.05) is 26.2 Å². The number of amides is 2. The predicted octanol–water partition coefficient (Wildman–Crippen LogP) is 4.89. The van der Waals surface area contributed by atoms with Crippen molar-refractivity contribution >= 4 is 6.03 Å². The van der Waals surface area contributed by atoms with Gasteiger partial charge in [-0.1, -0.05) is 48.5 Å². The molecular formula is C27H37N3O2. The van der Waals surface area contributed by atoms with Crippen LogP contribution in [0.25, 0.3) is 0 Å². The van der Waals surface area contributed by atoms with E-state index in [1.807, 2.05) is 17.0 Å². The molecule has 2 amide bonds. The van der Waals surface area contributed by atoms with Gasteiger partial charge in [-0.25, -0.2) is 4.79 Å². The third-order valence-corrected chi connectivity index (χ3v) is 7.15. The van der Waals surface area contributed by atoms with Crippen molar-refractivity contribution in [3.05, 3.63) is 65.7 Å². The van der Waals surface area contributed by atoms with E-state index in [2.05, 4.69) is 52.7 Å². The molecule has 172 valence electrons. The highest BCUT2D eigenvalue weighted by Crippen LogP contribution is 2.34. The second-order valence-electron chi connectivity index (χ2n) is 9.23. The Bertz CT molecular complexity index is 841. The molecule has 0 aromatic heterocycles. The zero-order valence-corrected chi connectivity index (χ0v) is 19.3. The minimum atomic E-state index is 0.102. The van der Waals surface area contributed by atoms with Crippen LogP contribution in [-0.2, 0) is 6.54 Å². The SMILES string of the molecule is COc1ccccc1C1CCN(C(=O)NCCC2CCN(Cc3ccccc3)CC2)CC1. The van der Waals surface area contributed by atoms with Crippen molar-refractivity contribution in [1.29, 1.82) is 0 Å². The van der Waals surface area contributed by atoms with Gasteiger partial charge >= 0.3 is 6.03 Å². The van der Waals surface area contributed by atoms with Crippen LogP contribution < -0.4 is 10.1 Å². The molecule has 5 nitrogen and oxygen atoms in total. The maximum absolute atomic E-state index is 12.6. The Hall–Kier alpha value is -2.53. The number of carbonyl (C=O) groups excluding carboxylic acids is 1. The number of para-hydroxylation sites is 1. The average molecular weight is 436 g/mol. The van der Waals surface area contributed by atoms with Gasteiger partial charge in [-0.05, 0) is 74.2 Å². The van der Waals surface area contributed by atoms with E-state index < -0.39 is 0 Å². The Morgan fingerprint density at radius 1 is 0.938 bits per heavy atom. The molecule has 2 aliphatic heterocycles. The van der Waals surface area contributed by atoms with Gasteiger partial charge in [0.2, 0.25) is 0 Å². The Balaban J connectivity index is 1.13. The summed E-state index contributed by atoms with van der Waals surface area (Å²) in [5.74, 6) is 2.15. The van der Waals surface area contributed by atoms with E-state index in [1.54, 1.807) is 7.11 Å². The zero-order valence-electron chi connectivity index (χ0n) is 19.3. The number of hydrogen-bond acceptors (Lipinski definition) is 3. The molecule has 0 atom stereocenters. The van der Waals surface area contributed by atoms with Gasteiger partial charge in [-0.2, -0.15) is 0 Å². The van der Waals surface area contributed by atoms with Gasteiger partial charge in [-0.15, -0.1) is 0 Å². The third kappa shape index (κ3) is 6.04. The summed E-state index contributed by atoms with van der Waals surface area (Å²) in [6.45, 7) is 5.77. The van der Waals surface area contributed by atoms with Gasteiger partial charge in [0.25, 0.3) is 0 Å². The lowest BCUT2D eigenvalue weighted by atomic mass is 9.89. The number of piperidine rings is 2. The Labute approximate surface area is 192 Å². The first kappa shape index (κ1) is 22.7. The number of ether oxygens (including phenoxy) is 1. The Kier molecular flexibility index (Phi) is 8.05. The van der Waals surface area contributed by atoms with Crippen LogP contribution in [0.2, 0.25) is 0 Å². The second kappa shape index (κ2) is 11.4. The average Bonchev–Trinajstić information content (AvgIpc) is 2.86. The molecular weight excluding hydrogens is 398 g/mol. The van der Waals surface area contributed by atoms with Crippen molar-refractivity contribution in [3.8, 4) is 5.75 Å². The highest BCUT2D eigenvalue weighted by atomic mass is 16.5. The van der Waals surface area contributed by atoms with Crippen LogP contribution in [0.4, 0.5) is 4.79 Å². The summed E-state index contributed by atoms with van der Waals surface area (Å²) in [7, 11) is 1.73. The van der Waals surface area contributed by atoms with Gasteiger partial charge in [0.05, 0.1) is 7.11 Å². The van der Waals surface area contributed by atoms with Crippen molar-refractivity contribution in [3.63, 3.8) is 0 Å². The molecule has 0 spiro atoms. The van der Waals surface area contributed by atoms with E-state index in [9.17, 15) is 4.79 Å². The topological polar surface area (TPSA) is 44.8 Å². The van der Waals surface area contributed by atoms with Crippen molar-refractivity contribution in [2.24, 2.45) is 5.92 Å². The number of rotatable bonds is 7. The molecule has 0 bridgehead atoms. The Morgan fingerprint density at radius 2 is 1.62 bits per heavy atom. The van der Waals surface area contributed by atoms with E-state index >= 15 is 0 Å². The van der Waals surface area contributed by atoms with Gasteiger partial charge in [0.15, 0.2) is 0 Å². The smallest absolute Gasteiger partial charge is 0.317 e. The van der Waals surface area contributed by atoms with E-state index in [0.29, 0.717) is 5.92 Å². The van der Waals surface area contributed by atoms with Crippen LogP contribution in [0.1, 0.15) is 49.1 Å². The molecule has 2 saturated heterocycles. The molecule has 2 aromatic rings. The summed E-state index contributed by atoms with van der Waals surface area (Å²) in [5.41, 5.74) is 2.67. The van der Waals surface area contributed by atoms with Crippen molar-refractivity contribution in [2.75, 3.05) is 39.8 Å². The summed E-state index contributed by atoms with van der Waals surface area (Å²) in [6.07, 6.45) is 5.53. The molecule has 2 fully saturated rings. The van der Waals surface area contributed by atoms with E-state index in [-0.39, 0.29) is 6.03 Å². The van der Waals surface area contributed by atoms with Gasteiger partial charge in [-0.3, -0.25) is 4.90 Å². The predicted molar refractivity (Wildman–Crippen MR) is 129 cm³/mol. The molecule has 1 N–H and O–H groups in total. The fraction of sp³-hybridized carbons (Fsp3) is 0.519. The number of urea groups is 1. The molecule has 0 saturated carbocycles. The lowest BCUT2D eigenvalue weighted by Crippen LogP contribution is -2.44. The highest BCUT2D eigenvalue weighted by Gasteiger charge is 2.26.